The molecule has 4 rings (SSSR count). The van der Waals surface area contributed by atoms with Crippen molar-refractivity contribution in [2.24, 2.45) is 5.73 Å². The summed E-state index contributed by atoms with van der Waals surface area (Å²) in [7, 11) is -2.90. The highest BCUT2D eigenvalue weighted by Crippen LogP contribution is 2.30. The van der Waals surface area contributed by atoms with Crippen LogP contribution in [0.15, 0.2) is 36.4 Å². The van der Waals surface area contributed by atoms with Crippen molar-refractivity contribution in [2.45, 2.75) is 0 Å². The number of primary amides is 1. The number of H-pyrrole nitrogens is 1. The standard InChI is InChI=1S/C17H17N3O3S/c18-17(21)14-3-1-2-13-12-5-4-11(10-15(12)19-16(13)14)20-6-8-24(22,23)9-7-20/h1-5,10,19H,6-9H2,(H2,18,21). The molecule has 1 saturated heterocycles. The summed E-state index contributed by atoms with van der Waals surface area (Å²) in [5.41, 5.74) is 8.53. The number of fused-ring (bicyclic) bond motifs is 3. The molecular formula is C17H17N3O3S. The maximum absolute atomic E-state index is 11.6. The number of carbonyl (C=O) groups is 1. The fourth-order valence-electron chi connectivity index (χ4n) is 3.29. The van der Waals surface area contributed by atoms with Crippen molar-refractivity contribution in [2.75, 3.05) is 29.5 Å². The van der Waals surface area contributed by atoms with E-state index < -0.39 is 15.7 Å². The number of amides is 1. The summed E-state index contributed by atoms with van der Waals surface area (Å²) in [6, 6.07) is 11.5. The van der Waals surface area contributed by atoms with Crippen molar-refractivity contribution in [3.05, 3.63) is 42.0 Å². The Morgan fingerprint density at radius 2 is 1.83 bits per heavy atom. The minimum Gasteiger partial charge on any atom is -0.369 e. The van der Waals surface area contributed by atoms with Gasteiger partial charge in [-0.2, -0.15) is 0 Å². The summed E-state index contributed by atoms with van der Waals surface area (Å²) in [5.74, 6) is -0.0961. The number of rotatable bonds is 2. The van der Waals surface area contributed by atoms with Crippen LogP contribution < -0.4 is 10.6 Å². The number of benzene rings is 2. The SMILES string of the molecule is NC(=O)c1cccc2c1[nH]c1cc(N3CCS(=O)(=O)CC3)ccc12. The third-order valence-electron chi connectivity index (χ3n) is 4.59. The molecule has 124 valence electrons. The number of hydrogen-bond donors (Lipinski definition) is 2. The van der Waals surface area contributed by atoms with Crippen LogP contribution in [-0.2, 0) is 9.84 Å². The van der Waals surface area contributed by atoms with Gasteiger partial charge in [0.2, 0.25) is 0 Å². The van der Waals surface area contributed by atoms with Gasteiger partial charge in [0, 0.05) is 35.1 Å². The Balaban J connectivity index is 1.80. The topological polar surface area (TPSA) is 96.3 Å². The highest BCUT2D eigenvalue weighted by Gasteiger charge is 2.22. The summed E-state index contributed by atoms with van der Waals surface area (Å²) in [5, 5.41) is 1.97. The second-order valence-corrected chi connectivity index (χ2v) is 8.39. The molecule has 0 spiro atoms. The number of nitrogens with two attached hydrogens (primary N) is 1. The maximum atomic E-state index is 11.6. The summed E-state index contributed by atoms with van der Waals surface area (Å²) < 4.78 is 23.2. The number of nitrogens with one attached hydrogen (secondary N) is 1. The fraction of sp³-hybridized carbons (Fsp3) is 0.235. The van der Waals surface area contributed by atoms with Crippen molar-refractivity contribution in [3.63, 3.8) is 0 Å². The normalized spacial score (nSPS) is 17.4. The van der Waals surface area contributed by atoms with Crippen molar-refractivity contribution in [1.82, 2.24) is 4.98 Å². The van der Waals surface area contributed by atoms with Crippen molar-refractivity contribution < 1.29 is 13.2 Å². The molecule has 6 nitrogen and oxygen atoms in total. The molecule has 7 heteroatoms. The van der Waals surface area contributed by atoms with Crippen molar-refractivity contribution in [1.29, 1.82) is 0 Å². The Bertz CT molecular complexity index is 1060. The predicted molar refractivity (Wildman–Crippen MR) is 95.2 cm³/mol. The second kappa shape index (κ2) is 5.24. The van der Waals surface area contributed by atoms with Crippen molar-refractivity contribution in [3.8, 4) is 0 Å². The highest BCUT2D eigenvalue weighted by molar-refractivity contribution is 7.91. The Hall–Kier alpha value is -2.54. The number of hydrogen-bond acceptors (Lipinski definition) is 4. The van der Waals surface area contributed by atoms with Crippen LogP contribution >= 0.6 is 0 Å². The number of nitrogens with zero attached hydrogens (tertiary/aromatic N) is 1. The van der Waals surface area contributed by atoms with Gasteiger partial charge >= 0.3 is 0 Å². The smallest absolute Gasteiger partial charge is 0.250 e. The van der Waals surface area contributed by atoms with E-state index in [-0.39, 0.29) is 11.5 Å². The molecule has 24 heavy (non-hydrogen) atoms. The van der Waals surface area contributed by atoms with Gasteiger partial charge in [-0.15, -0.1) is 0 Å². The lowest BCUT2D eigenvalue weighted by atomic mass is 10.1. The van der Waals surface area contributed by atoms with Crippen LogP contribution in [0.1, 0.15) is 10.4 Å². The highest BCUT2D eigenvalue weighted by atomic mass is 32.2. The molecule has 0 aliphatic carbocycles. The molecule has 1 amide bonds. The van der Waals surface area contributed by atoms with Gasteiger partial charge in [0.1, 0.15) is 0 Å². The fourth-order valence-corrected chi connectivity index (χ4v) is 4.49. The number of carbonyl (C=O) groups excluding carboxylic acids is 1. The average molecular weight is 343 g/mol. The van der Waals surface area contributed by atoms with Crippen LogP contribution in [0, 0.1) is 0 Å². The van der Waals surface area contributed by atoms with E-state index in [0.717, 1.165) is 27.5 Å². The Morgan fingerprint density at radius 3 is 2.54 bits per heavy atom. The van der Waals surface area contributed by atoms with Crippen LogP contribution in [0.5, 0.6) is 0 Å². The lowest BCUT2D eigenvalue weighted by Crippen LogP contribution is -2.40. The van der Waals surface area contributed by atoms with Gasteiger partial charge in [-0.1, -0.05) is 18.2 Å². The lowest BCUT2D eigenvalue weighted by Gasteiger charge is -2.28. The molecule has 0 atom stereocenters. The van der Waals surface area contributed by atoms with Gasteiger partial charge in [0.05, 0.1) is 22.6 Å². The molecule has 1 aliphatic heterocycles. The molecule has 1 aliphatic rings. The number of anilines is 1. The van der Waals surface area contributed by atoms with Crippen molar-refractivity contribution >= 4 is 43.2 Å². The molecule has 1 aromatic heterocycles. The third kappa shape index (κ3) is 2.41. The Morgan fingerprint density at radius 1 is 1.08 bits per heavy atom. The van der Waals surface area contributed by atoms with Gasteiger partial charge in [0.15, 0.2) is 9.84 Å². The summed E-state index contributed by atoms with van der Waals surface area (Å²) >= 11 is 0. The number of sulfone groups is 1. The molecule has 3 N–H and O–H groups in total. The number of aromatic amines is 1. The molecule has 0 unspecified atom stereocenters. The van der Waals surface area contributed by atoms with Gasteiger partial charge in [-0.25, -0.2) is 8.42 Å². The average Bonchev–Trinajstić information content (AvgIpc) is 2.92. The van der Waals surface area contributed by atoms with Crippen LogP contribution in [0.2, 0.25) is 0 Å². The first-order valence-corrected chi connectivity index (χ1v) is 9.56. The van der Waals surface area contributed by atoms with Crippen LogP contribution in [-0.4, -0.2) is 43.9 Å². The quantitative estimate of drug-likeness (QED) is 0.739. The van der Waals surface area contributed by atoms with E-state index >= 15 is 0 Å². The maximum Gasteiger partial charge on any atom is 0.250 e. The molecular weight excluding hydrogens is 326 g/mol. The molecule has 1 fully saturated rings. The van der Waals surface area contributed by atoms with Gasteiger partial charge in [-0.3, -0.25) is 4.79 Å². The Labute approximate surface area is 139 Å². The summed E-state index contributed by atoms with van der Waals surface area (Å²) in [6.45, 7) is 1.00. The number of para-hydroxylation sites is 1. The zero-order chi connectivity index (χ0) is 16.9. The predicted octanol–water partition coefficient (Wildman–Crippen LogP) is 1.65. The van der Waals surface area contributed by atoms with E-state index in [0.29, 0.717) is 18.7 Å². The first kappa shape index (κ1) is 15.0. The largest absolute Gasteiger partial charge is 0.369 e. The van der Waals surface area contributed by atoms with Gasteiger partial charge in [-0.05, 0) is 18.2 Å². The molecule has 2 aromatic carbocycles. The molecule has 0 bridgehead atoms. The van der Waals surface area contributed by atoms with Gasteiger partial charge in [0.25, 0.3) is 5.91 Å². The van der Waals surface area contributed by atoms with E-state index in [1.807, 2.05) is 30.3 Å². The van der Waals surface area contributed by atoms with Gasteiger partial charge < -0.3 is 15.6 Å². The van der Waals surface area contributed by atoms with Crippen LogP contribution in [0.4, 0.5) is 5.69 Å². The molecule has 2 heterocycles. The van der Waals surface area contributed by atoms with E-state index in [1.165, 1.54) is 0 Å². The number of aromatic nitrogens is 1. The summed E-state index contributed by atoms with van der Waals surface area (Å²) in [4.78, 5) is 17.0. The second-order valence-electron chi connectivity index (χ2n) is 6.09. The van der Waals surface area contributed by atoms with E-state index in [2.05, 4.69) is 9.88 Å². The van der Waals surface area contributed by atoms with E-state index in [9.17, 15) is 13.2 Å². The summed E-state index contributed by atoms with van der Waals surface area (Å²) in [6.07, 6.45) is 0. The van der Waals surface area contributed by atoms with Crippen LogP contribution in [0.3, 0.4) is 0 Å². The molecule has 0 saturated carbocycles. The minimum absolute atomic E-state index is 0.184. The monoisotopic (exact) mass is 343 g/mol. The lowest BCUT2D eigenvalue weighted by molar-refractivity contribution is 0.100. The first-order chi connectivity index (χ1) is 11.4. The first-order valence-electron chi connectivity index (χ1n) is 7.74. The van der Waals surface area contributed by atoms with E-state index in [1.54, 1.807) is 6.07 Å². The molecule has 3 aromatic rings. The third-order valence-corrected chi connectivity index (χ3v) is 6.20. The zero-order valence-electron chi connectivity index (χ0n) is 13.0. The minimum atomic E-state index is -2.90. The van der Waals surface area contributed by atoms with Crippen LogP contribution in [0.25, 0.3) is 21.8 Å². The van der Waals surface area contributed by atoms with E-state index in [4.69, 9.17) is 5.73 Å². The zero-order valence-corrected chi connectivity index (χ0v) is 13.8. The molecule has 0 radical (unpaired) electrons. The Kier molecular flexibility index (Phi) is 3.28.